The summed E-state index contributed by atoms with van der Waals surface area (Å²) >= 11 is 2.16. The summed E-state index contributed by atoms with van der Waals surface area (Å²) in [6.07, 6.45) is 22.6. The molecule has 228 valence electrons. The highest BCUT2D eigenvalue weighted by atomic mass is 127. The number of carbonyl (C=O) groups excluding carboxylic acids is 1. The number of sulfonamides is 1. The Hall–Kier alpha value is -0.950. The highest BCUT2D eigenvalue weighted by molar-refractivity contribution is 14.1. The third kappa shape index (κ3) is 20.6. The van der Waals surface area contributed by atoms with E-state index in [4.69, 9.17) is 4.74 Å². The molecule has 0 spiro atoms. The van der Waals surface area contributed by atoms with Crippen LogP contribution in [0.1, 0.15) is 128 Å². The summed E-state index contributed by atoms with van der Waals surface area (Å²) in [6, 6.07) is -0.470. The Bertz CT molecular complexity index is 838. The van der Waals surface area contributed by atoms with Gasteiger partial charge in [0.15, 0.2) is 0 Å². The van der Waals surface area contributed by atoms with Crippen molar-refractivity contribution in [1.82, 2.24) is 24.8 Å². The number of unbranched alkanes of at least 4 members (excludes halogenated alkanes) is 15. The molecule has 0 saturated carbocycles. The van der Waals surface area contributed by atoms with Crippen LogP contribution in [0.15, 0.2) is 6.33 Å². The summed E-state index contributed by atoms with van der Waals surface area (Å²) in [5, 5.41) is 7.06. The fourth-order valence-electron chi connectivity index (χ4n) is 4.39. The van der Waals surface area contributed by atoms with Crippen molar-refractivity contribution in [3.63, 3.8) is 0 Å². The molecule has 11 heteroatoms. The van der Waals surface area contributed by atoms with Gasteiger partial charge in [-0.3, -0.25) is 0 Å². The lowest BCUT2D eigenvalue weighted by Gasteiger charge is -2.18. The minimum atomic E-state index is -3.39. The van der Waals surface area contributed by atoms with E-state index in [1.54, 1.807) is 11.6 Å². The number of amides is 1. The molecule has 1 amide bonds. The maximum atomic E-state index is 12.2. The number of alkyl carbamates (subject to hydrolysis) is 1. The predicted octanol–water partition coefficient (Wildman–Crippen LogP) is 6.86. The quantitative estimate of drug-likeness (QED) is 0.0627. The summed E-state index contributed by atoms with van der Waals surface area (Å²) in [4.78, 5) is 16.3. The number of rotatable bonds is 26. The Morgan fingerprint density at radius 1 is 0.923 bits per heavy atom. The first-order valence-electron chi connectivity index (χ1n) is 15.2. The van der Waals surface area contributed by atoms with Gasteiger partial charge >= 0.3 is 6.09 Å². The van der Waals surface area contributed by atoms with Crippen LogP contribution < -0.4 is 10.0 Å². The first-order valence-corrected chi connectivity index (χ1v) is 18.4. The van der Waals surface area contributed by atoms with Crippen LogP contribution in [0, 0.1) is 6.92 Å². The Kier molecular flexibility index (Phi) is 21.9. The van der Waals surface area contributed by atoms with Crippen molar-refractivity contribution in [3.8, 4) is 0 Å². The Balaban J connectivity index is 2.07. The zero-order valence-electron chi connectivity index (χ0n) is 24.5. The number of aromatic nitrogens is 3. The molecular weight excluding hydrogens is 629 g/mol. The van der Waals surface area contributed by atoms with Gasteiger partial charge in [-0.2, -0.15) is 5.10 Å². The van der Waals surface area contributed by atoms with Gasteiger partial charge < -0.3 is 10.1 Å². The predicted molar refractivity (Wildman–Crippen MR) is 168 cm³/mol. The molecule has 9 nitrogen and oxygen atoms in total. The van der Waals surface area contributed by atoms with E-state index in [9.17, 15) is 13.2 Å². The minimum Gasteiger partial charge on any atom is -0.447 e. The monoisotopic (exact) mass is 683 g/mol. The van der Waals surface area contributed by atoms with Gasteiger partial charge in [0.25, 0.3) is 0 Å². The van der Waals surface area contributed by atoms with Crippen LogP contribution in [0.4, 0.5) is 4.79 Å². The van der Waals surface area contributed by atoms with Crippen LogP contribution in [-0.2, 0) is 14.8 Å². The number of alkyl halides is 1. The molecule has 0 aromatic carbocycles. The highest BCUT2D eigenvalue weighted by Gasteiger charge is 2.19. The van der Waals surface area contributed by atoms with Gasteiger partial charge in [0.1, 0.15) is 24.8 Å². The number of nitrogens with one attached hydrogen (secondary N) is 2. The van der Waals surface area contributed by atoms with Crippen molar-refractivity contribution in [2.24, 2.45) is 0 Å². The van der Waals surface area contributed by atoms with Crippen molar-refractivity contribution in [3.05, 3.63) is 12.2 Å². The van der Waals surface area contributed by atoms with Gasteiger partial charge in [-0.25, -0.2) is 27.6 Å². The molecule has 39 heavy (non-hydrogen) atoms. The first-order chi connectivity index (χ1) is 18.9. The molecular formula is C28H54IN5O4S. The Morgan fingerprint density at radius 3 is 1.95 bits per heavy atom. The van der Waals surface area contributed by atoms with Crippen LogP contribution in [0.2, 0.25) is 0 Å². The molecule has 2 N–H and O–H groups in total. The zero-order valence-corrected chi connectivity index (χ0v) is 27.4. The third-order valence-corrected chi connectivity index (χ3v) is 8.98. The lowest BCUT2D eigenvalue weighted by atomic mass is 10.0. The summed E-state index contributed by atoms with van der Waals surface area (Å²) in [5.41, 5.74) is 0. The normalized spacial score (nSPS) is 12.5. The number of carbonyl (C=O) groups is 1. The zero-order chi connectivity index (χ0) is 28.6. The summed E-state index contributed by atoms with van der Waals surface area (Å²) in [6.45, 7) is 4.68. The number of aryl methyl sites for hydroxylation is 1. The second-order valence-electron chi connectivity index (χ2n) is 10.5. The third-order valence-electron chi connectivity index (χ3n) is 6.79. The number of halogens is 1. The first kappa shape index (κ1) is 36.1. The van der Waals surface area contributed by atoms with Crippen LogP contribution in [0.25, 0.3) is 0 Å². The summed E-state index contributed by atoms with van der Waals surface area (Å²) in [7, 11) is -3.39. The second-order valence-corrected chi connectivity index (χ2v) is 13.5. The van der Waals surface area contributed by atoms with E-state index in [2.05, 4.69) is 49.6 Å². The molecule has 1 unspecified atom stereocenters. The molecule has 0 aliphatic carbocycles. The SMILES string of the molecule is CCCCCCCCCCCCCCCCCCNC(=O)OCC(CNS(=O)(=O)CCCI)n1cnc(C)n1. The van der Waals surface area contributed by atoms with Crippen molar-refractivity contribution >= 4 is 38.7 Å². The van der Waals surface area contributed by atoms with Crippen LogP contribution in [-0.4, -0.2) is 59.2 Å². The maximum absolute atomic E-state index is 12.2. The molecule has 0 saturated heterocycles. The number of nitrogens with zero attached hydrogens (tertiary/aromatic N) is 3. The van der Waals surface area contributed by atoms with Gasteiger partial charge in [-0.1, -0.05) is 126 Å². The van der Waals surface area contributed by atoms with Crippen molar-refractivity contribution in [2.75, 3.05) is 29.9 Å². The molecule has 1 aromatic rings. The average molecular weight is 684 g/mol. The Morgan fingerprint density at radius 2 is 1.46 bits per heavy atom. The van der Waals surface area contributed by atoms with E-state index in [-0.39, 0.29) is 18.9 Å². The van der Waals surface area contributed by atoms with E-state index < -0.39 is 22.2 Å². The number of hydrogen-bond donors (Lipinski definition) is 2. The molecule has 1 rings (SSSR count). The van der Waals surface area contributed by atoms with Crippen LogP contribution in [0.3, 0.4) is 0 Å². The van der Waals surface area contributed by atoms with E-state index in [0.717, 1.165) is 17.3 Å². The van der Waals surface area contributed by atoms with E-state index in [1.165, 1.54) is 96.2 Å². The fraction of sp³-hybridized carbons (Fsp3) is 0.893. The van der Waals surface area contributed by atoms with Crippen LogP contribution >= 0.6 is 22.6 Å². The van der Waals surface area contributed by atoms with E-state index in [0.29, 0.717) is 18.8 Å². The molecule has 1 atom stereocenters. The van der Waals surface area contributed by atoms with E-state index in [1.807, 2.05) is 0 Å². The van der Waals surface area contributed by atoms with Crippen molar-refractivity contribution in [1.29, 1.82) is 0 Å². The molecule has 0 aliphatic heterocycles. The van der Waals surface area contributed by atoms with Crippen molar-refractivity contribution in [2.45, 2.75) is 129 Å². The average Bonchev–Trinajstić information content (AvgIpc) is 3.35. The van der Waals surface area contributed by atoms with Gasteiger partial charge in [0.2, 0.25) is 10.0 Å². The lowest BCUT2D eigenvalue weighted by Crippen LogP contribution is -2.36. The van der Waals surface area contributed by atoms with Gasteiger partial charge in [0.05, 0.1) is 5.75 Å². The minimum absolute atomic E-state index is 0.00238. The molecule has 0 fully saturated rings. The largest absolute Gasteiger partial charge is 0.447 e. The number of ether oxygens (including phenoxy) is 1. The highest BCUT2D eigenvalue weighted by Crippen LogP contribution is 2.13. The van der Waals surface area contributed by atoms with Crippen LogP contribution in [0.5, 0.6) is 0 Å². The maximum Gasteiger partial charge on any atom is 0.407 e. The van der Waals surface area contributed by atoms with Crippen molar-refractivity contribution < 1.29 is 17.9 Å². The van der Waals surface area contributed by atoms with Gasteiger partial charge in [-0.15, -0.1) is 0 Å². The molecule has 0 aliphatic rings. The second kappa shape index (κ2) is 23.7. The van der Waals surface area contributed by atoms with E-state index >= 15 is 0 Å². The summed E-state index contributed by atoms with van der Waals surface area (Å²) in [5.74, 6) is 0.639. The Labute approximate surface area is 251 Å². The smallest absolute Gasteiger partial charge is 0.407 e. The molecule has 1 heterocycles. The lowest BCUT2D eigenvalue weighted by molar-refractivity contribution is 0.126. The van der Waals surface area contributed by atoms with Gasteiger partial charge in [-0.05, 0) is 19.8 Å². The standard InChI is InChI=1S/C28H54IN5O4S/c1-3-4-5-6-7-8-9-10-11-12-13-14-15-16-17-18-21-30-28(35)38-24-27(34-25-31-26(2)33-34)23-32-39(36,37)22-19-20-29/h25,27,32H,3-24H2,1-2H3,(H,30,35). The molecule has 1 aromatic heterocycles. The fourth-order valence-corrected chi connectivity index (χ4v) is 6.41. The summed E-state index contributed by atoms with van der Waals surface area (Å²) < 4.78 is 34.6. The molecule has 0 radical (unpaired) electrons. The number of hydrogen-bond acceptors (Lipinski definition) is 6. The topological polar surface area (TPSA) is 115 Å². The van der Waals surface area contributed by atoms with Gasteiger partial charge in [0, 0.05) is 17.5 Å². The molecule has 0 bridgehead atoms.